The summed E-state index contributed by atoms with van der Waals surface area (Å²) in [6, 6.07) is 14.9. The number of nitriles is 1. The zero-order valence-electron chi connectivity index (χ0n) is 11.0. The Hall–Kier alpha value is -1.96. The van der Waals surface area contributed by atoms with E-state index in [0.717, 1.165) is 4.90 Å². The highest BCUT2D eigenvalue weighted by Crippen LogP contribution is 2.37. The minimum absolute atomic E-state index is 0.0896. The number of amides is 1. The molecular weight excluding hydrogens is 304 g/mol. The molecular formula is C16H11ClN2OS. The summed E-state index contributed by atoms with van der Waals surface area (Å²) in [6.45, 7) is 0. The zero-order chi connectivity index (χ0) is 14.8. The van der Waals surface area contributed by atoms with Crippen LogP contribution in [0.3, 0.4) is 0 Å². The van der Waals surface area contributed by atoms with Crippen molar-refractivity contribution in [3.63, 3.8) is 0 Å². The molecule has 3 rings (SSSR count). The van der Waals surface area contributed by atoms with Crippen molar-refractivity contribution in [3.8, 4) is 6.07 Å². The average molecular weight is 315 g/mol. The molecule has 1 aliphatic rings. The second kappa shape index (κ2) is 5.80. The van der Waals surface area contributed by atoms with Crippen molar-refractivity contribution in [1.82, 2.24) is 0 Å². The first-order valence-electron chi connectivity index (χ1n) is 6.42. The van der Waals surface area contributed by atoms with Crippen molar-refractivity contribution in [1.29, 1.82) is 5.26 Å². The highest BCUT2D eigenvalue weighted by atomic mass is 35.5. The molecule has 0 bridgehead atoms. The second-order valence-corrected chi connectivity index (χ2v) is 6.37. The average Bonchev–Trinajstić information content (AvgIpc) is 2.93. The van der Waals surface area contributed by atoms with E-state index in [2.05, 4.69) is 5.32 Å². The first-order chi connectivity index (χ1) is 10.2. The summed E-state index contributed by atoms with van der Waals surface area (Å²) in [6.07, 6.45) is 0.711. The minimum atomic E-state index is -0.163. The van der Waals surface area contributed by atoms with Gasteiger partial charge in [-0.1, -0.05) is 29.8 Å². The van der Waals surface area contributed by atoms with Crippen molar-refractivity contribution >= 4 is 35.0 Å². The molecule has 21 heavy (non-hydrogen) atoms. The maximum absolute atomic E-state index is 12.4. The van der Waals surface area contributed by atoms with E-state index in [4.69, 9.17) is 16.9 Å². The van der Waals surface area contributed by atoms with Crippen LogP contribution < -0.4 is 5.32 Å². The van der Waals surface area contributed by atoms with Gasteiger partial charge in [-0.15, -0.1) is 11.8 Å². The van der Waals surface area contributed by atoms with Crippen LogP contribution >= 0.6 is 23.4 Å². The second-order valence-electron chi connectivity index (χ2n) is 4.71. The number of fused-ring (bicyclic) bond motifs is 1. The number of hydrogen-bond donors (Lipinski definition) is 1. The number of carbonyl (C=O) groups excluding carboxylic acids is 1. The van der Waals surface area contributed by atoms with Gasteiger partial charge in [-0.05, 0) is 36.2 Å². The van der Waals surface area contributed by atoms with Gasteiger partial charge in [0.25, 0.3) is 0 Å². The van der Waals surface area contributed by atoms with Crippen molar-refractivity contribution in [3.05, 3.63) is 58.6 Å². The quantitative estimate of drug-likeness (QED) is 0.915. The maximum Gasteiger partial charge on any atom is 0.238 e. The summed E-state index contributed by atoms with van der Waals surface area (Å²) in [5.74, 6) is -0.0896. The highest BCUT2D eigenvalue weighted by Gasteiger charge is 2.28. The van der Waals surface area contributed by atoms with E-state index in [1.54, 1.807) is 30.0 Å². The summed E-state index contributed by atoms with van der Waals surface area (Å²) >= 11 is 7.62. The molecule has 0 radical (unpaired) electrons. The largest absolute Gasteiger partial charge is 0.324 e. The zero-order valence-corrected chi connectivity index (χ0v) is 12.5. The van der Waals surface area contributed by atoms with Crippen LogP contribution in [0.2, 0.25) is 5.02 Å². The molecule has 0 spiro atoms. The fourth-order valence-corrected chi connectivity index (χ4v) is 3.59. The topological polar surface area (TPSA) is 52.9 Å². The fraction of sp³-hybridized carbons (Fsp3) is 0.125. The third kappa shape index (κ3) is 2.90. The smallest absolute Gasteiger partial charge is 0.238 e. The normalized spacial score (nSPS) is 16.1. The summed E-state index contributed by atoms with van der Waals surface area (Å²) in [4.78, 5) is 13.5. The number of rotatable bonds is 2. The number of nitrogens with zero attached hydrogens (tertiary/aromatic N) is 1. The fourth-order valence-electron chi connectivity index (χ4n) is 2.23. The lowest BCUT2D eigenvalue weighted by atomic mass is 10.1. The molecule has 1 N–H and O–H groups in total. The number of halogens is 1. The summed E-state index contributed by atoms with van der Waals surface area (Å²) < 4.78 is 0. The predicted molar refractivity (Wildman–Crippen MR) is 84.6 cm³/mol. The number of carbonyl (C=O) groups is 1. The number of thioether (sulfide) groups is 1. The van der Waals surface area contributed by atoms with Crippen LogP contribution in [0, 0.1) is 11.3 Å². The molecule has 2 aromatic carbocycles. The van der Waals surface area contributed by atoms with Crippen molar-refractivity contribution in [2.45, 2.75) is 16.6 Å². The van der Waals surface area contributed by atoms with Gasteiger partial charge >= 0.3 is 0 Å². The van der Waals surface area contributed by atoms with E-state index < -0.39 is 0 Å². The van der Waals surface area contributed by atoms with Crippen molar-refractivity contribution in [2.24, 2.45) is 0 Å². The molecule has 5 heteroatoms. The van der Waals surface area contributed by atoms with Crippen LogP contribution in [0.1, 0.15) is 11.1 Å². The number of hydrogen-bond acceptors (Lipinski definition) is 3. The van der Waals surface area contributed by atoms with Gasteiger partial charge in [0.1, 0.15) is 0 Å². The maximum atomic E-state index is 12.4. The molecule has 0 aliphatic carbocycles. The number of nitrogens with one attached hydrogen (secondary N) is 1. The molecule has 1 aliphatic heterocycles. The lowest BCUT2D eigenvalue weighted by Crippen LogP contribution is -2.24. The van der Waals surface area contributed by atoms with Crippen LogP contribution in [0.25, 0.3) is 0 Å². The third-order valence-corrected chi connectivity index (χ3v) is 4.94. The van der Waals surface area contributed by atoms with E-state index in [0.29, 0.717) is 22.7 Å². The summed E-state index contributed by atoms with van der Waals surface area (Å²) in [7, 11) is 0. The Morgan fingerprint density at radius 1 is 1.33 bits per heavy atom. The number of anilines is 1. The predicted octanol–water partition coefficient (Wildman–Crippen LogP) is 3.87. The molecule has 3 nitrogen and oxygen atoms in total. The molecule has 0 saturated carbocycles. The molecule has 1 unspecified atom stereocenters. The Kier molecular flexibility index (Phi) is 3.87. The Bertz CT molecular complexity index is 729. The van der Waals surface area contributed by atoms with E-state index >= 15 is 0 Å². The summed E-state index contributed by atoms with van der Waals surface area (Å²) in [5, 5.41) is 12.0. The highest BCUT2D eigenvalue weighted by molar-refractivity contribution is 8.01. The Balaban J connectivity index is 1.75. The van der Waals surface area contributed by atoms with Crippen LogP contribution in [0.15, 0.2) is 47.4 Å². The molecule has 1 heterocycles. The Labute approximate surface area is 131 Å². The SMILES string of the molecule is N#Cc1ccc(Cl)c(NC(=O)C2Cc3ccccc3S2)c1. The van der Waals surface area contributed by atoms with Crippen LogP contribution in [0.4, 0.5) is 5.69 Å². The monoisotopic (exact) mass is 314 g/mol. The molecule has 0 saturated heterocycles. The van der Waals surface area contributed by atoms with Crippen LogP contribution in [0.5, 0.6) is 0 Å². The number of benzene rings is 2. The standard InChI is InChI=1S/C16H11ClN2OS/c17-12-6-5-10(9-18)7-13(12)19-16(20)15-8-11-3-1-2-4-14(11)21-15/h1-7,15H,8H2,(H,19,20). The van der Waals surface area contributed by atoms with E-state index in [1.807, 2.05) is 30.3 Å². The molecule has 0 aromatic heterocycles. The Morgan fingerprint density at radius 2 is 2.14 bits per heavy atom. The molecule has 1 atom stereocenters. The lowest BCUT2D eigenvalue weighted by molar-refractivity contribution is -0.115. The third-order valence-electron chi connectivity index (χ3n) is 3.29. The molecule has 2 aromatic rings. The van der Waals surface area contributed by atoms with E-state index in [9.17, 15) is 4.79 Å². The molecule has 104 valence electrons. The van der Waals surface area contributed by atoms with Gasteiger partial charge in [-0.3, -0.25) is 4.79 Å². The summed E-state index contributed by atoms with van der Waals surface area (Å²) in [5.41, 5.74) is 2.15. The minimum Gasteiger partial charge on any atom is -0.324 e. The van der Waals surface area contributed by atoms with Gasteiger partial charge in [-0.25, -0.2) is 0 Å². The van der Waals surface area contributed by atoms with Gasteiger partial charge in [0.05, 0.1) is 27.6 Å². The van der Waals surface area contributed by atoms with Gasteiger partial charge < -0.3 is 5.32 Å². The van der Waals surface area contributed by atoms with E-state index in [1.165, 1.54) is 5.56 Å². The first kappa shape index (κ1) is 14.0. The van der Waals surface area contributed by atoms with Crippen LogP contribution in [-0.2, 0) is 11.2 Å². The molecule has 0 fully saturated rings. The van der Waals surface area contributed by atoms with Gasteiger partial charge in [0.2, 0.25) is 5.91 Å². The van der Waals surface area contributed by atoms with E-state index in [-0.39, 0.29) is 11.2 Å². The molecule has 1 amide bonds. The first-order valence-corrected chi connectivity index (χ1v) is 7.68. The van der Waals surface area contributed by atoms with Crippen LogP contribution in [-0.4, -0.2) is 11.2 Å². The van der Waals surface area contributed by atoms with Crippen molar-refractivity contribution in [2.75, 3.05) is 5.32 Å². The van der Waals surface area contributed by atoms with Gasteiger partial charge in [0.15, 0.2) is 0 Å². The Morgan fingerprint density at radius 3 is 2.90 bits per heavy atom. The van der Waals surface area contributed by atoms with Gasteiger partial charge in [-0.2, -0.15) is 5.26 Å². The van der Waals surface area contributed by atoms with Gasteiger partial charge in [0, 0.05) is 4.90 Å². The van der Waals surface area contributed by atoms with Crippen molar-refractivity contribution < 1.29 is 4.79 Å². The lowest BCUT2D eigenvalue weighted by Gasteiger charge is -2.11.